The Kier molecular flexibility index (Phi) is 2.14. The highest BCUT2D eigenvalue weighted by molar-refractivity contribution is 9.10. The van der Waals surface area contributed by atoms with Crippen LogP contribution in [0.2, 0.25) is 0 Å². The van der Waals surface area contributed by atoms with Crippen molar-refractivity contribution in [3.8, 4) is 0 Å². The van der Waals surface area contributed by atoms with E-state index in [9.17, 15) is 13.2 Å². The molecule has 0 fully saturated rings. The maximum absolute atomic E-state index is 13.4. The molecule has 0 saturated carbocycles. The van der Waals surface area contributed by atoms with Gasteiger partial charge in [-0.25, -0.2) is 13.2 Å². The van der Waals surface area contributed by atoms with Crippen LogP contribution >= 0.6 is 15.9 Å². The fraction of sp³-hybridized carbons (Fsp3) is 0.400. The molecule has 0 aliphatic heterocycles. The first-order chi connectivity index (χ1) is 6.43. The SMILES string of the molecule is CC1c2ccc(Br)c(F)c2CC1(F)F. The number of benzene rings is 1. The normalized spacial score (nSPS) is 23.6. The molecule has 4 heteroatoms. The lowest BCUT2D eigenvalue weighted by molar-refractivity contribution is -0.0101. The van der Waals surface area contributed by atoms with Gasteiger partial charge in [0.2, 0.25) is 0 Å². The first-order valence-corrected chi connectivity index (χ1v) is 5.07. The van der Waals surface area contributed by atoms with E-state index < -0.39 is 24.1 Å². The number of hydrogen-bond donors (Lipinski definition) is 0. The number of hydrogen-bond acceptors (Lipinski definition) is 0. The van der Waals surface area contributed by atoms with E-state index in [0.717, 1.165) is 0 Å². The van der Waals surface area contributed by atoms with Crippen molar-refractivity contribution in [3.63, 3.8) is 0 Å². The first kappa shape index (κ1) is 10.0. The van der Waals surface area contributed by atoms with E-state index in [1.54, 1.807) is 6.07 Å². The Labute approximate surface area is 88.2 Å². The van der Waals surface area contributed by atoms with Gasteiger partial charge < -0.3 is 0 Å². The summed E-state index contributed by atoms with van der Waals surface area (Å²) in [4.78, 5) is 0. The number of halogens is 4. The van der Waals surface area contributed by atoms with Crippen LogP contribution in [0.15, 0.2) is 16.6 Å². The summed E-state index contributed by atoms with van der Waals surface area (Å²) in [5.41, 5.74) is 0.576. The Morgan fingerprint density at radius 1 is 1.43 bits per heavy atom. The predicted octanol–water partition coefficient (Wildman–Crippen LogP) is 3.88. The molecule has 0 bridgehead atoms. The standard InChI is InChI=1S/C10H8BrF3/c1-5-6-2-3-8(11)9(12)7(6)4-10(5,13)14/h2-3,5H,4H2,1H3. The molecular weight excluding hydrogens is 257 g/mol. The van der Waals surface area contributed by atoms with Gasteiger partial charge in [-0.2, -0.15) is 0 Å². The fourth-order valence-corrected chi connectivity index (χ4v) is 2.18. The molecule has 0 spiro atoms. The summed E-state index contributed by atoms with van der Waals surface area (Å²) in [6.45, 7) is 1.43. The van der Waals surface area contributed by atoms with Crippen molar-refractivity contribution >= 4 is 15.9 Å². The molecule has 0 N–H and O–H groups in total. The molecule has 76 valence electrons. The molecule has 1 aliphatic rings. The molecule has 0 amide bonds. The summed E-state index contributed by atoms with van der Waals surface area (Å²) >= 11 is 2.99. The average molecular weight is 265 g/mol. The van der Waals surface area contributed by atoms with Crippen LogP contribution < -0.4 is 0 Å². The van der Waals surface area contributed by atoms with Gasteiger partial charge in [-0.15, -0.1) is 0 Å². The Balaban J connectivity index is 2.59. The second-order valence-electron chi connectivity index (χ2n) is 3.59. The number of rotatable bonds is 0. The van der Waals surface area contributed by atoms with Crippen LogP contribution in [-0.2, 0) is 6.42 Å². The highest BCUT2D eigenvalue weighted by Gasteiger charge is 2.46. The van der Waals surface area contributed by atoms with Crippen LogP contribution in [0.5, 0.6) is 0 Å². The van der Waals surface area contributed by atoms with Crippen molar-refractivity contribution in [1.29, 1.82) is 0 Å². The summed E-state index contributed by atoms with van der Waals surface area (Å²) in [5.74, 6) is -4.25. The third-order valence-corrected chi connectivity index (χ3v) is 3.36. The molecule has 1 aromatic rings. The highest BCUT2D eigenvalue weighted by Crippen LogP contribution is 2.46. The van der Waals surface area contributed by atoms with E-state index in [-0.39, 0.29) is 10.0 Å². The molecule has 1 aliphatic carbocycles. The molecule has 1 atom stereocenters. The van der Waals surface area contributed by atoms with Crippen molar-refractivity contribution < 1.29 is 13.2 Å². The minimum atomic E-state index is -2.82. The maximum Gasteiger partial charge on any atom is 0.258 e. The van der Waals surface area contributed by atoms with Gasteiger partial charge in [0.05, 0.1) is 4.47 Å². The number of alkyl halides is 2. The van der Waals surface area contributed by atoms with Crippen molar-refractivity contribution in [1.82, 2.24) is 0 Å². The molecule has 0 heterocycles. The maximum atomic E-state index is 13.4. The molecule has 1 unspecified atom stereocenters. The Morgan fingerprint density at radius 2 is 2.07 bits per heavy atom. The lowest BCUT2D eigenvalue weighted by atomic mass is 10.0. The van der Waals surface area contributed by atoms with Gasteiger partial charge in [-0.3, -0.25) is 0 Å². The molecule has 2 rings (SSSR count). The molecule has 0 nitrogen and oxygen atoms in total. The minimum Gasteiger partial charge on any atom is -0.206 e. The topological polar surface area (TPSA) is 0 Å². The monoisotopic (exact) mass is 264 g/mol. The van der Waals surface area contributed by atoms with E-state index in [0.29, 0.717) is 5.56 Å². The second kappa shape index (κ2) is 2.99. The predicted molar refractivity (Wildman–Crippen MR) is 51.2 cm³/mol. The summed E-state index contributed by atoms with van der Waals surface area (Å²) in [5, 5.41) is 0. The lowest BCUT2D eigenvalue weighted by Gasteiger charge is -2.13. The van der Waals surface area contributed by atoms with Gasteiger partial charge in [0.15, 0.2) is 0 Å². The summed E-state index contributed by atoms with van der Waals surface area (Å²) in [7, 11) is 0. The minimum absolute atomic E-state index is 0.150. The van der Waals surface area contributed by atoms with E-state index in [4.69, 9.17) is 0 Å². The van der Waals surface area contributed by atoms with Crippen molar-refractivity contribution in [2.75, 3.05) is 0 Å². The van der Waals surface area contributed by atoms with Crippen molar-refractivity contribution in [2.24, 2.45) is 0 Å². The molecule has 0 aromatic heterocycles. The lowest BCUT2D eigenvalue weighted by Crippen LogP contribution is -2.19. The van der Waals surface area contributed by atoms with Crippen LogP contribution in [-0.4, -0.2) is 5.92 Å². The van der Waals surface area contributed by atoms with Crippen LogP contribution in [0.25, 0.3) is 0 Å². The summed E-state index contributed by atoms with van der Waals surface area (Å²) in [6.07, 6.45) is -0.491. The van der Waals surface area contributed by atoms with E-state index >= 15 is 0 Å². The number of fused-ring (bicyclic) bond motifs is 1. The molecule has 0 saturated heterocycles. The second-order valence-corrected chi connectivity index (χ2v) is 4.44. The largest absolute Gasteiger partial charge is 0.258 e. The van der Waals surface area contributed by atoms with Gasteiger partial charge >= 0.3 is 0 Å². The van der Waals surface area contributed by atoms with Gasteiger partial charge in [-0.1, -0.05) is 13.0 Å². The highest BCUT2D eigenvalue weighted by atomic mass is 79.9. The molecule has 0 radical (unpaired) electrons. The zero-order chi connectivity index (χ0) is 10.5. The Morgan fingerprint density at radius 3 is 2.71 bits per heavy atom. The van der Waals surface area contributed by atoms with E-state index in [1.807, 2.05) is 0 Å². The fourth-order valence-electron chi connectivity index (χ4n) is 1.81. The van der Waals surface area contributed by atoms with E-state index in [1.165, 1.54) is 13.0 Å². The van der Waals surface area contributed by atoms with Crippen LogP contribution in [0, 0.1) is 5.82 Å². The average Bonchev–Trinajstić information content (AvgIpc) is 2.33. The van der Waals surface area contributed by atoms with E-state index in [2.05, 4.69) is 15.9 Å². The Hall–Kier alpha value is -0.510. The van der Waals surface area contributed by atoms with Gasteiger partial charge in [0, 0.05) is 12.3 Å². The zero-order valence-corrected chi connectivity index (χ0v) is 9.04. The molecular formula is C10H8BrF3. The quantitative estimate of drug-likeness (QED) is 0.667. The third kappa shape index (κ3) is 1.28. The Bertz CT molecular complexity index is 387. The van der Waals surface area contributed by atoms with Gasteiger partial charge in [-0.05, 0) is 33.1 Å². The smallest absolute Gasteiger partial charge is 0.206 e. The van der Waals surface area contributed by atoms with Crippen LogP contribution in [0.3, 0.4) is 0 Å². The summed E-state index contributed by atoms with van der Waals surface area (Å²) < 4.78 is 40.2. The van der Waals surface area contributed by atoms with Gasteiger partial charge in [0.1, 0.15) is 5.82 Å². The van der Waals surface area contributed by atoms with Crippen LogP contribution in [0.4, 0.5) is 13.2 Å². The first-order valence-electron chi connectivity index (χ1n) is 4.28. The van der Waals surface area contributed by atoms with Crippen molar-refractivity contribution in [2.45, 2.75) is 25.2 Å². The summed E-state index contributed by atoms with van der Waals surface area (Å²) in [6, 6.07) is 3.04. The van der Waals surface area contributed by atoms with Gasteiger partial charge in [0.25, 0.3) is 5.92 Å². The molecule has 1 aromatic carbocycles. The third-order valence-electron chi connectivity index (χ3n) is 2.74. The zero-order valence-electron chi connectivity index (χ0n) is 7.45. The van der Waals surface area contributed by atoms with Crippen molar-refractivity contribution in [3.05, 3.63) is 33.5 Å². The molecule has 14 heavy (non-hydrogen) atoms. The van der Waals surface area contributed by atoms with Crippen LogP contribution in [0.1, 0.15) is 24.0 Å².